The van der Waals surface area contributed by atoms with E-state index < -0.39 is 0 Å². The van der Waals surface area contributed by atoms with E-state index in [4.69, 9.17) is 10.5 Å². The zero-order valence-electron chi connectivity index (χ0n) is 11.5. The summed E-state index contributed by atoms with van der Waals surface area (Å²) < 4.78 is 7.03. The molecule has 2 heterocycles. The van der Waals surface area contributed by atoms with Gasteiger partial charge in [0, 0.05) is 6.54 Å². The molecule has 20 heavy (non-hydrogen) atoms. The SMILES string of the molecule is CCOC(=O)[C@]1(C)C[C@H]1Cn1cnc2c(N)ncnc21. The van der Waals surface area contributed by atoms with Gasteiger partial charge in [0.1, 0.15) is 11.8 Å². The van der Waals surface area contributed by atoms with Crippen LogP contribution in [0.5, 0.6) is 0 Å². The molecule has 1 aliphatic rings. The fraction of sp³-hybridized carbons (Fsp3) is 0.538. The minimum Gasteiger partial charge on any atom is -0.466 e. The standard InChI is InChI=1S/C13H17N5O2/c1-3-20-12(19)13(2)4-8(13)5-18-7-17-9-10(14)15-6-16-11(9)18/h6-8H,3-5H2,1-2H3,(H2,14,15,16)/t8-,13+/m0/s1. The summed E-state index contributed by atoms with van der Waals surface area (Å²) >= 11 is 0. The van der Waals surface area contributed by atoms with Crippen molar-refractivity contribution < 1.29 is 9.53 Å². The van der Waals surface area contributed by atoms with Gasteiger partial charge < -0.3 is 15.0 Å². The lowest BCUT2D eigenvalue weighted by Gasteiger charge is -2.10. The average Bonchev–Trinajstić information content (AvgIpc) is 2.89. The molecule has 2 atom stereocenters. The van der Waals surface area contributed by atoms with Crippen LogP contribution in [0, 0.1) is 11.3 Å². The highest BCUT2D eigenvalue weighted by Gasteiger charge is 2.57. The molecule has 7 heteroatoms. The van der Waals surface area contributed by atoms with Crippen molar-refractivity contribution in [3.63, 3.8) is 0 Å². The van der Waals surface area contributed by atoms with Crippen LogP contribution in [0.2, 0.25) is 0 Å². The Balaban J connectivity index is 1.79. The van der Waals surface area contributed by atoms with E-state index in [-0.39, 0.29) is 17.3 Å². The molecule has 1 saturated carbocycles. The first-order valence-electron chi connectivity index (χ1n) is 6.64. The molecule has 0 aromatic carbocycles. The number of aromatic nitrogens is 4. The predicted molar refractivity (Wildman–Crippen MR) is 72.6 cm³/mol. The molecule has 2 aromatic rings. The first-order chi connectivity index (χ1) is 9.56. The summed E-state index contributed by atoms with van der Waals surface area (Å²) in [6.07, 6.45) is 3.94. The summed E-state index contributed by atoms with van der Waals surface area (Å²) in [5, 5.41) is 0. The zero-order valence-corrected chi connectivity index (χ0v) is 11.5. The summed E-state index contributed by atoms with van der Waals surface area (Å²) in [6.45, 7) is 4.86. The van der Waals surface area contributed by atoms with Crippen LogP contribution in [0.15, 0.2) is 12.7 Å². The number of hydrogen-bond acceptors (Lipinski definition) is 6. The second kappa shape index (κ2) is 4.43. The molecule has 2 N–H and O–H groups in total. The van der Waals surface area contributed by atoms with Gasteiger partial charge in [0.15, 0.2) is 11.5 Å². The van der Waals surface area contributed by atoms with Crippen LogP contribution in [-0.4, -0.2) is 32.1 Å². The molecule has 1 fully saturated rings. The number of rotatable bonds is 4. The highest BCUT2D eigenvalue weighted by Crippen LogP contribution is 2.54. The molecule has 3 rings (SSSR count). The summed E-state index contributed by atoms with van der Waals surface area (Å²) in [6, 6.07) is 0. The van der Waals surface area contributed by atoms with E-state index in [1.54, 1.807) is 6.33 Å². The number of hydrogen-bond donors (Lipinski definition) is 1. The quantitative estimate of drug-likeness (QED) is 0.836. The molecular weight excluding hydrogens is 258 g/mol. The zero-order chi connectivity index (χ0) is 14.3. The number of nitrogen functional groups attached to an aromatic ring is 1. The van der Waals surface area contributed by atoms with Gasteiger partial charge in [0.2, 0.25) is 0 Å². The number of ether oxygens (including phenoxy) is 1. The number of carbonyl (C=O) groups excluding carboxylic acids is 1. The Hall–Kier alpha value is -2.18. The van der Waals surface area contributed by atoms with E-state index in [2.05, 4.69) is 15.0 Å². The lowest BCUT2D eigenvalue weighted by molar-refractivity contribution is -0.149. The van der Waals surface area contributed by atoms with Crippen molar-refractivity contribution in [2.24, 2.45) is 11.3 Å². The van der Waals surface area contributed by atoms with E-state index in [0.717, 1.165) is 6.42 Å². The Labute approximate surface area is 116 Å². The van der Waals surface area contributed by atoms with Crippen molar-refractivity contribution in [3.8, 4) is 0 Å². The fourth-order valence-electron chi connectivity index (χ4n) is 2.53. The van der Waals surface area contributed by atoms with Gasteiger partial charge in [0.25, 0.3) is 0 Å². The number of anilines is 1. The van der Waals surface area contributed by atoms with Crippen LogP contribution in [0.4, 0.5) is 5.82 Å². The van der Waals surface area contributed by atoms with Crippen molar-refractivity contribution in [2.45, 2.75) is 26.8 Å². The molecule has 0 amide bonds. The molecule has 106 valence electrons. The Bertz CT molecular complexity index is 668. The molecular formula is C13H17N5O2. The third kappa shape index (κ3) is 1.90. The minimum absolute atomic E-state index is 0.122. The van der Waals surface area contributed by atoms with Crippen LogP contribution in [0.1, 0.15) is 20.3 Å². The van der Waals surface area contributed by atoms with Gasteiger partial charge in [-0.05, 0) is 26.2 Å². The van der Waals surface area contributed by atoms with Gasteiger partial charge in [-0.3, -0.25) is 4.79 Å². The van der Waals surface area contributed by atoms with E-state index in [0.29, 0.717) is 30.1 Å². The van der Waals surface area contributed by atoms with Crippen LogP contribution in [0.3, 0.4) is 0 Å². The van der Waals surface area contributed by atoms with Crippen molar-refractivity contribution >= 4 is 23.0 Å². The van der Waals surface area contributed by atoms with Crippen LogP contribution in [0.25, 0.3) is 11.2 Å². The van der Waals surface area contributed by atoms with Crippen LogP contribution >= 0.6 is 0 Å². The van der Waals surface area contributed by atoms with E-state index in [9.17, 15) is 4.79 Å². The average molecular weight is 275 g/mol. The Morgan fingerprint density at radius 3 is 3.10 bits per heavy atom. The number of imidazole rings is 1. The molecule has 0 spiro atoms. The van der Waals surface area contributed by atoms with Gasteiger partial charge in [-0.1, -0.05) is 0 Å². The molecule has 7 nitrogen and oxygen atoms in total. The van der Waals surface area contributed by atoms with E-state index in [1.165, 1.54) is 6.33 Å². The smallest absolute Gasteiger partial charge is 0.312 e. The number of fused-ring (bicyclic) bond motifs is 1. The third-order valence-electron chi connectivity index (χ3n) is 4.00. The molecule has 0 saturated heterocycles. The molecule has 0 bridgehead atoms. The Kier molecular flexibility index (Phi) is 2.84. The second-order valence-electron chi connectivity index (χ2n) is 5.37. The van der Waals surface area contributed by atoms with Gasteiger partial charge in [-0.25, -0.2) is 15.0 Å². The third-order valence-corrected chi connectivity index (χ3v) is 4.00. The van der Waals surface area contributed by atoms with Gasteiger partial charge in [-0.15, -0.1) is 0 Å². The minimum atomic E-state index is -0.384. The van der Waals surface area contributed by atoms with E-state index >= 15 is 0 Å². The topological polar surface area (TPSA) is 95.9 Å². The predicted octanol–water partition coefficient (Wildman–Crippen LogP) is 0.998. The fourth-order valence-corrected chi connectivity index (χ4v) is 2.53. The normalized spacial score (nSPS) is 24.8. The van der Waals surface area contributed by atoms with E-state index in [1.807, 2.05) is 18.4 Å². The first-order valence-corrected chi connectivity index (χ1v) is 6.64. The maximum absolute atomic E-state index is 11.9. The van der Waals surface area contributed by atoms with Crippen molar-refractivity contribution in [1.82, 2.24) is 19.5 Å². The lowest BCUT2D eigenvalue weighted by Crippen LogP contribution is -2.19. The van der Waals surface area contributed by atoms with Crippen LogP contribution in [-0.2, 0) is 16.1 Å². The molecule has 1 aliphatic carbocycles. The van der Waals surface area contributed by atoms with Crippen molar-refractivity contribution in [2.75, 3.05) is 12.3 Å². The van der Waals surface area contributed by atoms with Gasteiger partial charge in [-0.2, -0.15) is 0 Å². The van der Waals surface area contributed by atoms with Gasteiger partial charge in [0.05, 0.1) is 18.3 Å². The lowest BCUT2D eigenvalue weighted by atomic mass is 10.1. The largest absolute Gasteiger partial charge is 0.466 e. The summed E-state index contributed by atoms with van der Waals surface area (Å²) in [4.78, 5) is 24.2. The monoisotopic (exact) mass is 275 g/mol. The number of nitrogens with two attached hydrogens (primary N) is 1. The number of esters is 1. The summed E-state index contributed by atoms with van der Waals surface area (Å²) in [7, 11) is 0. The number of carbonyl (C=O) groups is 1. The summed E-state index contributed by atoms with van der Waals surface area (Å²) in [5.74, 6) is 0.497. The van der Waals surface area contributed by atoms with Crippen LogP contribution < -0.4 is 5.73 Å². The highest BCUT2D eigenvalue weighted by atomic mass is 16.5. The first kappa shape index (κ1) is 12.8. The maximum Gasteiger partial charge on any atom is 0.312 e. The Morgan fingerprint density at radius 2 is 2.35 bits per heavy atom. The highest BCUT2D eigenvalue weighted by molar-refractivity contribution is 5.82. The Morgan fingerprint density at radius 1 is 1.55 bits per heavy atom. The van der Waals surface area contributed by atoms with Crippen molar-refractivity contribution in [1.29, 1.82) is 0 Å². The molecule has 0 unspecified atom stereocenters. The van der Waals surface area contributed by atoms with Crippen molar-refractivity contribution in [3.05, 3.63) is 12.7 Å². The maximum atomic E-state index is 11.9. The molecule has 0 aliphatic heterocycles. The summed E-state index contributed by atoms with van der Waals surface area (Å²) in [5.41, 5.74) is 6.68. The molecule has 0 radical (unpaired) electrons. The molecule has 2 aromatic heterocycles. The second-order valence-corrected chi connectivity index (χ2v) is 5.37. The van der Waals surface area contributed by atoms with Gasteiger partial charge >= 0.3 is 5.97 Å². The number of nitrogens with zero attached hydrogens (tertiary/aromatic N) is 4.